The molecular weight excluding hydrogens is 375 g/mol. The molecule has 1 heterocycles. The fourth-order valence-electron chi connectivity index (χ4n) is 4.81. The van der Waals surface area contributed by atoms with E-state index in [1.807, 2.05) is 0 Å². The smallest absolute Gasteiger partial charge is 0.341 e. The minimum Gasteiger partial charge on any atom is -0.479 e. The van der Waals surface area contributed by atoms with Crippen LogP contribution < -0.4 is 15.5 Å². The third-order valence-corrected chi connectivity index (χ3v) is 6.20. The van der Waals surface area contributed by atoms with Crippen molar-refractivity contribution < 1.29 is 19.0 Å². The second-order valence-electron chi connectivity index (χ2n) is 8.19. The van der Waals surface area contributed by atoms with Crippen molar-refractivity contribution in [2.45, 2.75) is 69.7 Å². The molecule has 1 aromatic carbocycles. The van der Waals surface area contributed by atoms with Gasteiger partial charge < -0.3 is 20.1 Å². The van der Waals surface area contributed by atoms with Gasteiger partial charge in [-0.25, -0.2) is 9.18 Å². The third kappa shape index (κ3) is 4.09. The average molecular weight is 402 g/mol. The summed E-state index contributed by atoms with van der Waals surface area (Å²) in [6.45, 7) is -0.617. The van der Waals surface area contributed by atoms with E-state index in [1.54, 1.807) is 0 Å². The summed E-state index contributed by atoms with van der Waals surface area (Å²) in [4.78, 5) is 26.7. The number of nitrogens with one attached hydrogen (secondary N) is 2. The Hall–Kier alpha value is -2.57. The Labute approximate surface area is 168 Å². The van der Waals surface area contributed by atoms with Crippen LogP contribution in [0, 0.1) is 5.82 Å². The van der Waals surface area contributed by atoms with Crippen molar-refractivity contribution in [3.63, 3.8) is 0 Å². The topological polar surface area (TPSA) is 91.4 Å². The summed E-state index contributed by atoms with van der Waals surface area (Å²) in [7, 11) is 0. The van der Waals surface area contributed by atoms with Crippen molar-refractivity contribution in [1.82, 2.24) is 4.98 Å². The van der Waals surface area contributed by atoms with Crippen LogP contribution in [-0.2, 0) is 4.79 Å². The van der Waals surface area contributed by atoms with Gasteiger partial charge in [0.15, 0.2) is 12.4 Å². The Morgan fingerprint density at radius 1 is 1.17 bits per heavy atom. The molecule has 2 fully saturated rings. The largest absolute Gasteiger partial charge is 0.479 e. The summed E-state index contributed by atoms with van der Waals surface area (Å²) in [6.07, 6.45) is 11.1. The van der Waals surface area contributed by atoms with Crippen LogP contribution in [0.15, 0.2) is 17.1 Å². The Balaban J connectivity index is 1.80. The molecule has 0 unspecified atom stereocenters. The van der Waals surface area contributed by atoms with Crippen LogP contribution >= 0.6 is 0 Å². The van der Waals surface area contributed by atoms with E-state index in [0.717, 1.165) is 56.9 Å². The number of aromatic amines is 1. The van der Waals surface area contributed by atoms with E-state index in [-0.39, 0.29) is 23.1 Å². The molecule has 156 valence electrons. The number of anilines is 1. The number of pyridine rings is 1. The molecule has 0 aliphatic heterocycles. The van der Waals surface area contributed by atoms with Gasteiger partial charge in [0.25, 0.3) is 0 Å². The van der Waals surface area contributed by atoms with Crippen LogP contribution in [0.4, 0.5) is 10.1 Å². The van der Waals surface area contributed by atoms with Gasteiger partial charge in [-0.15, -0.1) is 0 Å². The van der Waals surface area contributed by atoms with E-state index in [9.17, 15) is 9.59 Å². The molecule has 0 radical (unpaired) electrons. The molecule has 2 aliphatic rings. The monoisotopic (exact) mass is 402 g/mol. The summed E-state index contributed by atoms with van der Waals surface area (Å²) >= 11 is 0. The van der Waals surface area contributed by atoms with Gasteiger partial charge >= 0.3 is 5.97 Å². The number of aromatic nitrogens is 1. The lowest BCUT2D eigenvalue weighted by Gasteiger charge is -2.27. The van der Waals surface area contributed by atoms with Crippen molar-refractivity contribution in [3.05, 3.63) is 33.9 Å². The number of carboxylic acid groups (broad SMARTS) is 1. The van der Waals surface area contributed by atoms with Crippen LogP contribution in [0.25, 0.3) is 10.9 Å². The molecule has 2 aromatic rings. The fourth-order valence-corrected chi connectivity index (χ4v) is 4.81. The Kier molecular flexibility index (Phi) is 5.74. The Bertz CT molecular complexity index is 959. The molecule has 0 bridgehead atoms. The van der Waals surface area contributed by atoms with Crippen molar-refractivity contribution in [1.29, 1.82) is 0 Å². The first kappa shape index (κ1) is 19.7. The fraction of sp³-hybridized carbons (Fsp3) is 0.545. The first-order valence-electron chi connectivity index (χ1n) is 10.5. The summed E-state index contributed by atoms with van der Waals surface area (Å²) in [6, 6.07) is 1.51. The van der Waals surface area contributed by atoms with E-state index >= 15 is 4.39 Å². The van der Waals surface area contributed by atoms with Crippen molar-refractivity contribution in [2.24, 2.45) is 0 Å². The first-order chi connectivity index (χ1) is 14.0. The number of halogens is 1. The summed E-state index contributed by atoms with van der Waals surface area (Å²) in [5.41, 5.74) is 1.52. The van der Waals surface area contributed by atoms with Crippen molar-refractivity contribution >= 4 is 22.6 Å². The maximum Gasteiger partial charge on any atom is 0.341 e. The number of fused-ring (bicyclic) bond motifs is 1. The predicted molar refractivity (Wildman–Crippen MR) is 109 cm³/mol. The van der Waals surface area contributed by atoms with Gasteiger partial charge in [0.05, 0.1) is 16.6 Å². The lowest BCUT2D eigenvalue weighted by Crippen LogP contribution is -2.24. The molecular formula is C22H27FN2O4. The molecule has 0 saturated heterocycles. The van der Waals surface area contributed by atoms with Gasteiger partial charge in [-0.3, -0.25) is 4.79 Å². The normalized spacial score (nSPS) is 18.2. The number of aliphatic carboxylic acids is 1. The molecule has 2 aliphatic carbocycles. The van der Waals surface area contributed by atoms with E-state index in [0.29, 0.717) is 11.2 Å². The maximum atomic E-state index is 15.3. The number of hydrogen-bond donors (Lipinski definition) is 3. The highest BCUT2D eigenvalue weighted by atomic mass is 19.1. The molecule has 4 rings (SSSR count). The second kappa shape index (κ2) is 8.43. The number of ether oxygens (including phenoxy) is 1. The highest BCUT2D eigenvalue weighted by Crippen LogP contribution is 2.42. The molecule has 0 amide bonds. The molecule has 29 heavy (non-hydrogen) atoms. The average Bonchev–Trinajstić information content (AvgIpc) is 3.24. The number of carbonyl (C=O) groups is 1. The number of H-pyrrole nitrogens is 1. The zero-order valence-corrected chi connectivity index (χ0v) is 16.4. The van der Waals surface area contributed by atoms with Gasteiger partial charge in [-0.2, -0.15) is 0 Å². The van der Waals surface area contributed by atoms with Crippen LogP contribution in [0.3, 0.4) is 0 Å². The van der Waals surface area contributed by atoms with E-state index in [2.05, 4.69) is 10.3 Å². The van der Waals surface area contributed by atoms with Crippen LogP contribution in [0.5, 0.6) is 5.75 Å². The quantitative estimate of drug-likeness (QED) is 0.660. The van der Waals surface area contributed by atoms with Gasteiger partial charge in [0.2, 0.25) is 5.43 Å². The number of benzene rings is 1. The molecule has 0 spiro atoms. The highest BCUT2D eigenvalue weighted by Gasteiger charge is 2.28. The summed E-state index contributed by atoms with van der Waals surface area (Å²) < 4.78 is 20.3. The zero-order chi connectivity index (χ0) is 20.4. The van der Waals surface area contributed by atoms with Gasteiger partial charge in [-0.05, 0) is 37.7 Å². The minimum absolute atomic E-state index is 0.107. The van der Waals surface area contributed by atoms with Crippen LogP contribution in [0.1, 0.15) is 69.3 Å². The Morgan fingerprint density at radius 2 is 1.86 bits per heavy atom. The first-order valence-corrected chi connectivity index (χ1v) is 10.5. The molecule has 7 heteroatoms. The summed E-state index contributed by atoms with van der Waals surface area (Å²) in [5, 5.41) is 12.5. The zero-order valence-electron chi connectivity index (χ0n) is 16.4. The number of carboxylic acids is 1. The standard InChI is InChI=1S/C22H27FN2O4/c23-16-10-15-20(24-11-17(22(15)28)29-12-18(26)27)19(13-6-4-5-7-13)21(16)25-14-8-2-1-3-9-14/h10-11,13-14,25H,1-9,12H2,(H,24,28)(H,26,27). The molecule has 2 saturated carbocycles. The van der Waals surface area contributed by atoms with Crippen LogP contribution in [-0.4, -0.2) is 28.7 Å². The number of hydrogen-bond acceptors (Lipinski definition) is 4. The lowest BCUT2D eigenvalue weighted by molar-refractivity contribution is -0.139. The van der Waals surface area contributed by atoms with Gasteiger partial charge in [0.1, 0.15) is 5.82 Å². The molecule has 0 atom stereocenters. The second-order valence-corrected chi connectivity index (χ2v) is 8.19. The minimum atomic E-state index is -1.17. The number of rotatable bonds is 6. The van der Waals surface area contributed by atoms with Gasteiger partial charge in [-0.1, -0.05) is 32.1 Å². The van der Waals surface area contributed by atoms with Crippen molar-refractivity contribution in [3.8, 4) is 5.75 Å². The lowest BCUT2D eigenvalue weighted by atomic mass is 9.90. The third-order valence-electron chi connectivity index (χ3n) is 6.20. The Morgan fingerprint density at radius 3 is 2.55 bits per heavy atom. The highest BCUT2D eigenvalue weighted by molar-refractivity contribution is 5.88. The molecule has 6 nitrogen and oxygen atoms in total. The summed E-state index contributed by atoms with van der Waals surface area (Å²) in [5.74, 6) is -1.51. The molecule has 1 aromatic heterocycles. The van der Waals surface area contributed by atoms with E-state index in [1.165, 1.54) is 18.7 Å². The molecule has 3 N–H and O–H groups in total. The van der Waals surface area contributed by atoms with E-state index < -0.39 is 23.8 Å². The SMILES string of the molecule is O=C(O)COc1c[nH]c2c(C3CCCC3)c(NC3CCCCC3)c(F)cc2c1=O. The predicted octanol–water partition coefficient (Wildman–Crippen LogP) is 4.53. The maximum absolute atomic E-state index is 15.3. The van der Waals surface area contributed by atoms with E-state index in [4.69, 9.17) is 9.84 Å². The van der Waals surface area contributed by atoms with Crippen molar-refractivity contribution in [2.75, 3.05) is 11.9 Å². The van der Waals surface area contributed by atoms with Gasteiger partial charge in [0, 0.05) is 17.8 Å². The van der Waals surface area contributed by atoms with Crippen LogP contribution in [0.2, 0.25) is 0 Å².